The average Bonchev–Trinajstić information content (AvgIpc) is 2.48. The highest BCUT2D eigenvalue weighted by atomic mass is 31.1. The molecule has 0 atom stereocenters. The number of anilines is 2. The van der Waals surface area contributed by atoms with Crippen LogP contribution >= 0.6 is 7.92 Å². The minimum absolute atomic E-state index is 0.124. The zero-order valence-electron chi connectivity index (χ0n) is 15.1. The number of para-hydroxylation sites is 2. The van der Waals surface area contributed by atoms with Crippen molar-refractivity contribution in [3.05, 3.63) is 54.1 Å². The summed E-state index contributed by atoms with van der Waals surface area (Å²) >= 11 is 0. The number of rotatable bonds is 7. The summed E-state index contributed by atoms with van der Waals surface area (Å²) in [4.78, 5) is 0. The number of nitrogens with one attached hydrogen (secondary N) is 1. The Hall–Kier alpha value is -1.33. The van der Waals surface area contributed by atoms with Gasteiger partial charge in [0.1, 0.15) is 0 Å². The molecule has 0 saturated carbocycles. The maximum Gasteiger partial charge on any atom is 0.0462 e. The van der Waals surface area contributed by atoms with E-state index in [0.717, 1.165) is 11.8 Å². The Morgan fingerprint density at radius 1 is 0.783 bits per heavy atom. The van der Waals surface area contributed by atoms with Gasteiger partial charge in [-0.15, -0.1) is 0 Å². The van der Waals surface area contributed by atoms with E-state index in [-0.39, 0.29) is 7.92 Å². The summed E-state index contributed by atoms with van der Waals surface area (Å²) < 4.78 is 0. The zero-order valence-corrected chi connectivity index (χ0v) is 16.0. The van der Waals surface area contributed by atoms with Crippen molar-refractivity contribution >= 4 is 24.6 Å². The van der Waals surface area contributed by atoms with E-state index in [4.69, 9.17) is 0 Å². The van der Waals surface area contributed by atoms with Crippen molar-refractivity contribution in [3.8, 4) is 0 Å². The van der Waals surface area contributed by atoms with Crippen molar-refractivity contribution in [3.63, 3.8) is 0 Å². The molecule has 0 unspecified atom stereocenters. The molecular weight excluding hydrogens is 297 g/mol. The maximum atomic E-state index is 3.68. The van der Waals surface area contributed by atoms with Crippen LogP contribution < -0.4 is 10.6 Å². The molecular formula is C21H30NP. The molecule has 0 amide bonds. The number of hydrogen-bond acceptors (Lipinski definition) is 1. The summed E-state index contributed by atoms with van der Waals surface area (Å²) in [5.41, 5.74) is 3.79. The molecule has 2 aromatic rings. The molecule has 1 nitrogen and oxygen atoms in total. The van der Waals surface area contributed by atoms with Crippen LogP contribution in [0.15, 0.2) is 48.5 Å². The van der Waals surface area contributed by atoms with Gasteiger partial charge in [0.05, 0.1) is 0 Å². The van der Waals surface area contributed by atoms with Crippen molar-refractivity contribution in [2.45, 2.75) is 34.6 Å². The first-order valence-corrected chi connectivity index (χ1v) is 10.3. The van der Waals surface area contributed by atoms with Crippen LogP contribution in [0.25, 0.3) is 0 Å². The molecule has 0 spiro atoms. The molecule has 1 N–H and O–H groups in total. The fraction of sp³-hybridized carbons (Fsp3) is 0.429. The first-order valence-electron chi connectivity index (χ1n) is 8.64. The lowest BCUT2D eigenvalue weighted by Crippen LogP contribution is -2.15. The standard InChI is InChI=1S/C21H30NP/c1-16(2)14-23(15-17(3)4)21-13-9-8-12-20(21)22-19-11-7-6-10-18(19)5/h6-13,16-17,22H,14-15H2,1-5H3. The topological polar surface area (TPSA) is 12.0 Å². The van der Waals surface area contributed by atoms with E-state index >= 15 is 0 Å². The summed E-state index contributed by atoms with van der Waals surface area (Å²) in [6, 6.07) is 17.4. The third-order valence-corrected chi connectivity index (χ3v) is 7.24. The van der Waals surface area contributed by atoms with E-state index in [9.17, 15) is 0 Å². The van der Waals surface area contributed by atoms with Gasteiger partial charge in [0.15, 0.2) is 0 Å². The lowest BCUT2D eigenvalue weighted by atomic mass is 10.2. The Morgan fingerprint density at radius 3 is 1.87 bits per heavy atom. The molecule has 2 heteroatoms. The smallest absolute Gasteiger partial charge is 0.0462 e. The van der Waals surface area contributed by atoms with Crippen molar-refractivity contribution < 1.29 is 0 Å². The van der Waals surface area contributed by atoms with Crippen molar-refractivity contribution in [2.75, 3.05) is 17.6 Å². The van der Waals surface area contributed by atoms with Gasteiger partial charge in [-0.25, -0.2) is 0 Å². The van der Waals surface area contributed by atoms with Gasteiger partial charge in [-0.3, -0.25) is 0 Å². The Labute approximate surface area is 143 Å². The first-order chi connectivity index (χ1) is 11.0. The Morgan fingerprint density at radius 2 is 1.30 bits per heavy atom. The highest BCUT2D eigenvalue weighted by molar-refractivity contribution is 7.66. The van der Waals surface area contributed by atoms with Gasteiger partial charge in [0.2, 0.25) is 0 Å². The maximum absolute atomic E-state index is 3.68. The van der Waals surface area contributed by atoms with Gasteiger partial charge >= 0.3 is 0 Å². The van der Waals surface area contributed by atoms with Crippen LogP contribution in [0.5, 0.6) is 0 Å². The van der Waals surface area contributed by atoms with Gasteiger partial charge in [-0.2, -0.15) is 0 Å². The molecule has 0 saturated heterocycles. The molecule has 0 aliphatic heterocycles. The second-order valence-corrected chi connectivity index (χ2v) is 9.44. The minimum atomic E-state index is -0.124. The lowest BCUT2D eigenvalue weighted by Gasteiger charge is -2.25. The van der Waals surface area contributed by atoms with Crippen LogP contribution in [0.2, 0.25) is 0 Å². The molecule has 23 heavy (non-hydrogen) atoms. The number of benzene rings is 2. The molecule has 0 heterocycles. The highest BCUT2D eigenvalue weighted by Gasteiger charge is 2.18. The fourth-order valence-corrected chi connectivity index (χ4v) is 5.94. The van der Waals surface area contributed by atoms with Crippen LogP contribution in [-0.4, -0.2) is 12.3 Å². The summed E-state index contributed by atoms with van der Waals surface area (Å²) in [7, 11) is -0.124. The molecule has 0 aliphatic rings. The van der Waals surface area contributed by atoms with E-state index in [1.807, 2.05) is 0 Å². The van der Waals surface area contributed by atoms with Crippen LogP contribution in [0.4, 0.5) is 11.4 Å². The molecule has 0 aromatic heterocycles. The Kier molecular flexibility index (Phi) is 6.66. The second-order valence-electron chi connectivity index (χ2n) is 7.15. The first kappa shape index (κ1) is 18.0. The molecule has 0 fully saturated rings. The van der Waals surface area contributed by atoms with Crippen LogP contribution in [-0.2, 0) is 0 Å². The monoisotopic (exact) mass is 327 g/mol. The second kappa shape index (κ2) is 8.50. The van der Waals surface area contributed by atoms with Crippen LogP contribution in [0, 0.1) is 18.8 Å². The zero-order chi connectivity index (χ0) is 16.8. The number of hydrogen-bond donors (Lipinski definition) is 1. The van der Waals surface area contributed by atoms with E-state index in [2.05, 4.69) is 88.5 Å². The van der Waals surface area contributed by atoms with E-state index in [1.54, 1.807) is 0 Å². The SMILES string of the molecule is Cc1ccccc1Nc1ccccc1P(CC(C)C)CC(C)C. The highest BCUT2D eigenvalue weighted by Crippen LogP contribution is 2.41. The third-order valence-electron chi connectivity index (χ3n) is 3.83. The Balaban J connectivity index is 2.32. The van der Waals surface area contributed by atoms with Crippen LogP contribution in [0.3, 0.4) is 0 Å². The Bertz CT molecular complexity index is 609. The minimum Gasteiger partial charge on any atom is -0.355 e. The van der Waals surface area contributed by atoms with Gasteiger partial charge in [-0.1, -0.05) is 72.0 Å². The molecule has 0 radical (unpaired) electrons. The third kappa shape index (κ3) is 5.36. The molecule has 124 valence electrons. The summed E-state index contributed by atoms with van der Waals surface area (Å²) in [6.07, 6.45) is 2.61. The van der Waals surface area contributed by atoms with E-state index < -0.39 is 0 Å². The molecule has 2 rings (SSSR count). The summed E-state index contributed by atoms with van der Waals surface area (Å²) in [5, 5.41) is 5.21. The predicted octanol–water partition coefficient (Wildman–Crippen LogP) is 6.16. The summed E-state index contributed by atoms with van der Waals surface area (Å²) in [5.74, 6) is 1.48. The van der Waals surface area contributed by atoms with Gasteiger partial charge < -0.3 is 5.32 Å². The predicted molar refractivity (Wildman–Crippen MR) is 107 cm³/mol. The largest absolute Gasteiger partial charge is 0.355 e. The molecule has 2 aromatic carbocycles. The average molecular weight is 327 g/mol. The van der Waals surface area contributed by atoms with Gasteiger partial charge in [-0.05, 0) is 54.1 Å². The van der Waals surface area contributed by atoms with Gasteiger partial charge in [0, 0.05) is 11.4 Å². The van der Waals surface area contributed by atoms with Crippen molar-refractivity contribution in [1.29, 1.82) is 0 Å². The van der Waals surface area contributed by atoms with Crippen molar-refractivity contribution in [1.82, 2.24) is 0 Å². The normalized spacial score (nSPS) is 11.5. The number of aryl methyl sites for hydroxylation is 1. The van der Waals surface area contributed by atoms with Crippen molar-refractivity contribution in [2.24, 2.45) is 11.8 Å². The quantitative estimate of drug-likeness (QED) is 0.601. The summed E-state index contributed by atoms with van der Waals surface area (Å²) in [6.45, 7) is 11.5. The molecule has 0 aliphatic carbocycles. The van der Waals surface area contributed by atoms with Crippen LogP contribution in [0.1, 0.15) is 33.3 Å². The molecule has 0 bridgehead atoms. The fourth-order valence-electron chi connectivity index (χ4n) is 2.87. The lowest BCUT2D eigenvalue weighted by molar-refractivity contribution is 0.721. The van der Waals surface area contributed by atoms with E-state index in [1.165, 1.54) is 34.6 Å². The van der Waals surface area contributed by atoms with Gasteiger partial charge in [0.25, 0.3) is 0 Å². The van der Waals surface area contributed by atoms with E-state index in [0.29, 0.717) is 0 Å².